The quantitative estimate of drug-likeness (QED) is 0.734. The number of fused-ring (bicyclic) bond motifs is 1. The lowest BCUT2D eigenvalue weighted by Gasteiger charge is -2.32. The summed E-state index contributed by atoms with van der Waals surface area (Å²) in [6, 6.07) is 4.02. The number of imidazole rings is 1. The molecule has 3 aromatic heterocycles. The van der Waals surface area contributed by atoms with Gasteiger partial charge in [0.2, 0.25) is 0 Å². The summed E-state index contributed by atoms with van der Waals surface area (Å²) in [6.45, 7) is 2.62. The summed E-state index contributed by atoms with van der Waals surface area (Å²) >= 11 is 0. The number of piperidine rings is 1. The minimum atomic E-state index is -0.0228. The number of likely N-dealkylation sites (tertiary alicyclic amines) is 1. The van der Waals surface area contributed by atoms with Crippen molar-refractivity contribution in [1.29, 1.82) is 0 Å². The van der Waals surface area contributed by atoms with E-state index in [0.29, 0.717) is 0 Å². The van der Waals surface area contributed by atoms with Crippen LogP contribution in [-0.2, 0) is 13.6 Å². The minimum Gasteiger partial charge on any atom is -0.468 e. The molecule has 1 aliphatic heterocycles. The van der Waals surface area contributed by atoms with E-state index in [-0.39, 0.29) is 11.7 Å². The van der Waals surface area contributed by atoms with Crippen molar-refractivity contribution in [2.45, 2.75) is 25.4 Å². The highest BCUT2D eigenvalue weighted by Gasteiger charge is 2.26. The monoisotopic (exact) mass is 313 g/mol. The van der Waals surface area contributed by atoms with E-state index in [9.17, 15) is 4.79 Å². The Morgan fingerprint density at radius 1 is 1.43 bits per heavy atom. The molecule has 0 N–H and O–H groups in total. The second kappa shape index (κ2) is 5.66. The predicted octanol–water partition coefficient (Wildman–Crippen LogP) is 1.56. The molecule has 1 fully saturated rings. The van der Waals surface area contributed by atoms with E-state index in [0.717, 1.165) is 49.4 Å². The fraction of sp³-hybridized carbons (Fsp3) is 0.438. The second-order valence-electron chi connectivity index (χ2n) is 6.05. The van der Waals surface area contributed by atoms with Gasteiger partial charge in [-0.2, -0.15) is 0 Å². The summed E-state index contributed by atoms with van der Waals surface area (Å²) in [5, 5.41) is 0. The van der Waals surface area contributed by atoms with Gasteiger partial charge >= 0.3 is 5.69 Å². The largest absolute Gasteiger partial charge is 0.468 e. The molecule has 0 amide bonds. The molecule has 4 rings (SSSR count). The van der Waals surface area contributed by atoms with E-state index < -0.39 is 0 Å². The second-order valence-corrected chi connectivity index (χ2v) is 6.05. The highest BCUT2D eigenvalue weighted by atomic mass is 16.3. The molecule has 1 atom stereocenters. The van der Waals surface area contributed by atoms with Gasteiger partial charge in [0.15, 0.2) is 5.65 Å². The third-order valence-corrected chi connectivity index (χ3v) is 4.56. The third-order valence-electron chi connectivity index (χ3n) is 4.56. The van der Waals surface area contributed by atoms with Crippen molar-refractivity contribution >= 4 is 11.2 Å². The van der Waals surface area contributed by atoms with Crippen LogP contribution in [0.1, 0.15) is 24.6 Å². The lowest BCUT2D eigenvalue weighted by Crippen LogP contribution is -2.39. The Kier molecular flexibility index (Phi) is 3.49. The number of aryl methyl sites for hydroxylation is 1. The Morgan fingerprint density at radius 2 is 2.35 bits per heavy atom. The van der Waals surface area contributed by atoms with Gasteiger partial charge in [-0.15, -0.1) is 0 Å². The molecule has 4 heterocycles. The Morgan fingerprint density at radius 3 is 3.17 bits per heavy atom. The molecule has 0 spiro atoms. The summed E-state index contributed by atoms with van der Waals surface area (Å²) in [4.78, 5) is 23.3. The summed E-state index contributed by atoms with van der Waals surface area (Å²) in [6.07, 6.45) is 6.94. The Labute approximate surface area is 133 Å². The van der Waals surface area contributed by atoms with Crippen LogP contribution in [0.2, 0.25) is 0 Å². The van der Waals surface area contributed by atoms with Crippen molar-refractivity contribution in [2.75, 3.05) is 13.1 Å². The minimum absolute atomic E-state index is 0.0228. The first-order valence-corrected chi connectivity index (χ1v) is 7.85. The van der Waals surface area contributed by atoms with Gasteiger partial charge in [0.25, 0.3) is 0 Å². The first kappa shape index (κ1) is 14.2. The van der Waals surface area contributed by atoms with Gasteiger partial charge in [0.1, 0.15) is 17.6 Å². The van der Waals surface area contributed by atoms with Gasteiger partial charge < -0.3 is 4.42 Å². The van der Waals surface area contributed by atoms with Gasteiger partial charge in [0.05, 0.1) is 25.0 Å². The van der Waals surface area contributed by atoms with E-state index in [1.54, 1.807) is 24.1 Å². The molecule has 23 heavy (non-hydrogen) atoms. The molecule has 0 bridgehead atoms. The smallest absolute Gasteiger partial charge is 0.330 e. The summed E-state index contributed by atoms with van der Waals surface area (Å²) in [7, 11) is 1.77. The van der Waals surface area contributed by atoms with E-state index in [1.807, 2.05) is 16.7 Å². The van der Waals surface area contributed by atoms with Crippen LogP contribution in [0.3, 0.4) is 0 Å². The molecular formula is C16H19N5O2. The molecule has 0 radical (unpaired) electrons. The highest BCUT2D eigenvalue weighted by molar-refractivity contribution is 5.70. The van der Waals surface area contributed by atoms with Crippen molar-refractivity contribution in [3.05, 3.63) is 47.2 Å². The van der Waals surface area contributed by atoms with Crippen molar-refractivity contribution in [3.8, 4) is 0 Å². The zero-order valence-electron chi connectivity index (χ0n) is 13.1. The van der Waals surface area contributed by atoms with E-state index >= 15 is 0 Å². The Balaban J connectivity index is 1.65. The lowest BCUT2D eigenvalue weighted by molar-refractivity contribution is 0.159. The molecule has 0 aromatic carbocycles. The van der Waals surface area contributed by atoms with E-state index in [4.69, 9.17) is 4.42 Å². The van der Waals surface area contributed by atoms with Gasteiger partial charge in [-0.05, 0) is 31.5 Å². The number of nitrogens with zero attached hydrogens (tertiary/aromatic N) is 5. The van der Waals surface area contributed by atoms with Gasteiger partial charge in [-0.25, -0.2) is 14.8 Å². The topological polar surface area (TPSA) is 69.1 Å². The van der Waals surface area contributed by atoms with Crippen LogP contribution in [0.25, 0.3) is 11.2 Å². The van der Waals surface area contributed by atoms with Crippen LogP contribution in [-0.4, -0.2) is 37.1 Å². The molecule has 0 unspecified atom stereocenters. The van der Waals surface area contributed by atoms with E-state index in [2.05, 4.69) is 14.9 Å². The normalized spacial score (nSPS) is 19.4. The molecule has 120 valence electrons. The molecule has 7 heteroatoms. The van der Waals surface area contributed by atoms with Crippen LogP contribution in [0.4, 0.5) is 0 Å². The van der Waals surface area contributed by atoms with Crippen molar-refractivity contribution in [3.63, 3.8) is 0 Å². The van der Waals surface area contributed by atoms with Crippen LogP contribution in [0, 0.1) is 0 Å². The number of hydrogen-bond donors (Lipinski definition) is 0. The van der Waals surface area contributed by atoms with Crippen LogP contribution >= 0.6 is 0 Å². The summed E-state index contributed by atoms with van der Waals surface area (Å²) in [5.41, 5.74) is 1.48. The lowest BCUT2D eigenvalue weighted by atomic mass is 10.1. The van der Waals surface area contributed by atoms with Gasteiger partial charge in [-0.1, -0.05) is 0 Å². The average Bonchev–Trinajstić information content (AvgIpc) is 3.16. The molecule has 1 saturated heterocycles. The Hall–Kier alpha value is -2.41. The first-order valence-electron chi connectivity index (χ1n) is 7.85. The SMILES string of the molecule is Cn1c(=O)n([C@@H]2CCCN(Cc3ccco3)C2)c2ncncc21. The third kappa shape index (κ3) is 2.46. The molecule has 1 aliphatic rings. The highest BCUT2D eigenvalue weighted by Crippen LogP contribution is 2.24. The molecule has 0 aliphatic carbocycles. The van der Waals surface area contributed by atoms with Gasteiger partial charge in [-0.3, -0.25) is 14.0 Å². The van der Waals surface area contributed by atoms with Gasteiger partial charge in [0, 0.05) is 13.6 Å². The zero-order chi connectivity index (χ0) is 15.8. The average molecular weight is 313 g/mol. The predicted molar refractivity (Wildman–Crippen MR) is 85.0 cm³/mol. The fourth-order valence-electron chi connectivity index (χ4n) is 3.43. The van der Waals surface area contributed by atoms with Crippen LogP contribution < -0.4 is 5.69 Å². The molecule has 7 nitrogen and oxygen atoms in total. The number of furan rings is 1. The standard InChI is InChI=1S/C16H19N5O2/c1-19-14-8-17-11-18-15(14)21(16(19)22)12-4-2-6-20(9-12)10-13-5-3-7-23-13/h3,5,7-8,11-12H,2,4,6,9-10H2,1H3/t12-/m1/s1. The molecular weight excluding hydrogens is 294 g/mol. The van der Waals surface area contributed by atoms with Crippen molar-refractivity contribution < 1.29 is 4.42 Å². The van der Waals surface area contributed by atoms with Crippen LogP contribution in [0.5, 0.6) is 0 Å². The van der Waals surface area contributed by atoms with E-state index in [1.165, 1.54) is 6.33 Å². The number of hydrogen-bond acceptors (Lipinski definition) is 5. The van der Waals surface area contributed by atoms with Crippen LogP contribution in [0.15, 0.2) is 40.1 Å². The molecule has 0 saturated carbocycles. The maximum atomic E-state index is 12.6. The number of rotatable bonds is 3. The zero-order valence-corrected chi connectivity index (χ0v) is 13.1. The maximum Gasteiger partial charge on any atom is 0.330 e. The first-order chi connectivity index (χ1) is 11.2. The number of aromatic nitrogens is 4. The fourth-order valence-corrected chi connectivity index (χ4v) is 3.43. The molecule has 3 aromatic rings. The summed E-state index contributed by atoms with van der Waals surface area (Å²) < 4.78 is 8.89. The Bertz CT molecular complexity index is 864. The maximum absolute atomic E-state index is 12.6. The van der Waals surface area contributed by atoms with Crippen molar-refractivity contribution in [2.24, 2.45) is 7.05 Å². The summed E-state index contributed by atoms with van der Waals surface area (Å²) in [5.74, 6) is 0.957. The van der Waals surface area contributed by atoms with Crippen molar-refractivity contribution in [1.82, 2.24) is 24.0 Å².